The molecule has 3 N–H and O–H groups in total. The molecule has 19 heavy (non-hydrogen) atoms. The molecule has 0 amide bonds. The molecule has 0 aliphatic heterocycles. The molecular formula is C14H20FN3S. The fourth-order valence-electron chi connectivity index (χ4n) is 2.44. The Balaban J connectivity index is 2.06. The molecule has 1 fully saturated rings. The van der Waals surface area contributed by atoms with Gasteiger partial charge in [-0.05, 0) is 51.6 Å². The quantitative estimate of drug-likeness (QED) is 0.813. The molecule has 1 aliphatic rings. The molecule has 1 aromatic rings. The van der Waals surface area contributed by atoms with Crippen molar-refractivity contribution >= 4 is 22.9 Å². The zero-order chi connectivity index (χ0) is 14.0. The van der Waals surface area contributed by atoms with E-state index in [4.69, 9.17) is 18.0 Å². The minimum Gasteiger partial charge on any atom is -0.389 e. The lowest BCUT2D eigenvalue weighted by Crippen LogP contribution is -2.54. The highest BCUT2D eigenvalue weighted by molar-refractivity contribution is 7.80. The van der Waals surface area contributed by atoms with Gasteiger partial charge in [-0.2, -0.15) is 0 Å². The number of rotatable bonds is 5. The minimum atomic E-state index is -0.307. The summed E-state index contributed by atoms with van der Waals surface area (Å²) in [7, 11) is 4.15. The van der Waals surface area contributed by atoms with Crippen LogP contribution in [-0.4, -0.2) is 36.1 Å². The number of nitrogens with zero attached hydrogens (tertiary/aromatic N) is 1. The molecule has 104 valence electrons. The van der Waals surface area contributed by atoms with Crippen LogP contribution in [0.25, 0.3) is 0 Å². The van der Waals surface area contributed by atoms with Crippen molar-refractivity contribution in [3.05, 3.63) is 29.6 Å². The Labute approximate surface area is 119 Å². The second kappa shape index (κ2) is 5.43. The molecule has 2 rings (SSSR count). The number of halogens is 1. The van der Waals surface area contributed by atoms with Crippen LogP contribution in [-0.2, 0) is 0 Å². The third-order valence-corrected chi connectivity index (χ3v) is 4.33. The molecule has 0 bridgehead atoms. The average Bonchev–Trinajstić information content (AvgIpc) is 2.28. The topological polar surface area (TPSA) is 41.3 Å². The Morgan fingerprint density at radius 2 is 2.16 bits per heavy atom. The van der Waals surface area contributed by atoms with Gasteiger partial charge >= 0.3 is 0 Å². The summed E-state index contributed by atoms with van der Waals surface area (Å²) in [5, 5.41) is 3.20. The highest BCUT2D eigenvalue weighted by Crippen LogP contribution is 2.36. The van der Waals surface area contributed by atoms with Crippen LogP contribution >= 0.6 is 12.2 Å². The fraction of sp³-hybridized carbons (Fsp3) is 0.500. The molecule has 0 aromatic heterocycles. The zero-order valence-corrected chi connectivity index (χ0v) is 12.2. The number of anilines is 1. The smallest absolute Gasteiger partial charge is 0.146 e. The zero-order valence-electron chi connectivity index (χ0n) is 11.4. The van der Waals surface area contributed by atoms with Crippen LogP contribution in [0.5, 0.6) is 0 Å². The molecule has 1 saturated carbocycles. The number of nitrogens with one attached hydrogen (secondary N) is 1. The number of thiocarbonyl (C=S) groups is 1. The van der Waals surface area contributed by atoms with E-state index in [9.17, 15) is 4.39 Å². The minimum absolute atomic E-state index is 0.161. The molecule has 0 radical (unpaired) electrons. The summed E-state index contributed by atoms with van der Waals surface area (Å²) in [4.78, 5) is 2.44. The average molecular weight is 281 g/mol. The van der Waals surface area contributed by atoms with Gasteiger partial charge in [0.2, 0.25) is 0 Å². The lowest BCUT2D eigenvalue weighted by Gasteiger charge is -2.47. The summed E-state index contributed by atoms with van der Waals surface area (Å²) < 4.78 is 13.9. The molecule has 0 spiro atoms. The van der Waals surface area contributed by atoms with E-state index in [0.29, 0.717) is 11.3 Å². The van der Waals surface area contributed by atoms with Gasteiger partial charge in [0, 0.05) is 17.6 Å². The van der Waals surface area contributed by atoms with Gasteiger partial charge in [0.15, 0.2) is 0 Å². The van der Waals surface area contributed by atoms with Crippen LogP contribution in [0.2, 0.25) is 0 Å². The molecule has 0 heterocycles. The van der Waals surface area contributed by atoms with Gasteiger partial charge in [0.25, 0.3) is 0 Å². The maximum absolute atomic E-state index is 13.9. The summed E-state index contributed by atoms with van der Waals surface area (Å²) in [5.41, 5.74) is 6.71. The molecule has 0 saturated heterocycles. The number of likely N-dealkylation sites (N-methyl/N-ethyl adjacent to an activating group) is 1. The van der Waals surface area contributed by atoms with Crippen LogP contribution < -0.4 is 11.1 Å². The summed E-state index contributed by atoms with van der Waals surface area (Å²) in [6.45, 7) is 0.753. The van der Waals surface area contributed by atoms with Gasteiger partial charge in [0.1, 0.15) is 10.8 Å². The van der Waals surface area contributed by atoms with E-state index in [0.717, 1.165) is 19.4 Å². The Bertz CT molecular complexity index is 484. The van der Waals surface area contributed by atoms with Gasteiger partial charge in [-0.25, -0.2) is 4.39 Å². The number of nitrogens with two attached hydrogens (primary N) is 1. The molecule has 5 heteroatoms. The van der Waals surface area contributed by atoms with Gasteiger partial charge in [-0.1, -0.05) is 12.2 Å². The van der Waals surface area contributed by atoms with Gasteiger partial charge in [0.05, 0.1) is 5.69 Å². The lowest BCUT2D eigenvalue weighted by atomic mass is 9.75. The second-order valence-electron chi connectivity index (χ2n) is 5.38. The first-order valence-electron chi connectivity index (χ1n) is 6.45. The number of hydrogen-bond donors (Lipinski definition) is 2. The van der Waals surface area contributed by atoms with Crippen LogP contribution in [0.4, 0.5) is 10.1 Å². The van der Waals surface area contributed by atoms with Crippen LogP contribution in [0.3, 0.4) is 0 Å². The van der Waals surface area contributed by atoms with Crippen molar-refractivity contribution in [2.45, 2.75) is 24.8 Å². The summed E-state index contributed by atoms with van der Waals surface area (Å²) >= 11 is 4.83. The maximum Gasteiger partial charge on any atom is 0.146 e. The van der Waals surface area contributed by atoms with Crippen molar-refractivity contribution in [1.82, 2.24) is 4.90 Å². The largest absolute Gasteiger partial charge is 0.389 e. The first-order chi connectivity index (χ1) is 8.94. The van der Waals surface area contributed by atoms with Crippen molar-refractivity contribution < 1.29 is 4.39 Å². The van der Waals surface area contributed by atoms with E-state index in [1.807, 2.05) is 0 Å². The molecule has 1 aromatic carbocycles. The molecule has 0 unspecified atom stereocenters. The normalized spacial score (nSPS) is 17.1. The maximum atomic E-state index is 13.9. The fourth-order valence-corrected chi connectivity index (χ4v) is 2.57. The lowest BCUT2D eigenvalue weighted by molar-refractivity contribution is 0.0738. The third-order valence-electron chi connectivity index (χ3n) is 4.09. The molecule has 3 nitrogen and oxygen atoms in total. The highest BCUT2D eigenvalue weighted by Gasteiger charge is 2.38. The number of hydrogen-bond acceptors (Lipinski definition) is 3. The van der Waals surface area contributed by atoms with Crippen LogP contribution in [0, 0.1) is 5.82 Å². The van der Waals surface area contributed by atoms with Crippen LogP contribution in [0.15, 0.2) is 18.2 Å². The van der Waals surface area contributed by atoms with E-state index < -0.39 is 0 Å². The highest BCUT2D eigenvalue weighted by atomic mass is 32.1. The van der Waals surface area contributed by atoms with Crippen LogP contribution in [0.1, 0.15) is 24.8 Å². The second-order valence-corrected chi connectivity index (χ2v) is 5.82. The Morgan fingerprint density at radius 1 is 1.47 bits per heavy atom. The van der Waals surface area contributed by atoms with E-state index >= 15 is 0 Å². The van der Waals surface area contributed by atoms with Crippen molar-refractivity contribution in [2.24, 2.45) is 5.73 Å². The van der Waals surface area contributed by atoms with Crippen molar-refractivity contribution in [3.8, 4) is 0 Å². The van der Waals surface area contributed by atoms with Gasteiger partial charge in [-0.15, -0.1) is 0 Å². The summed E-state index contributed by atoms with van der Waals surface area (Å²) in [6.07, 6.45) is 3.54. The molecule has 1 aliphatic carbocycles. The molecular weight excluding hydrogens is 261 g/mol. The Morgan fingerprint density at radius 3 is 2.58 bits per heavy atom. The number of benzene rings is 1. The molecule has 0 atom stereocenters. The van der Waals surface area contributed by atoms with Gasteiger partial charge < -0.3 is 16.0 Å². The van der Waals surface area contributed by atoms with Crippen molar-refractivity contribution in [1.29, 1.82) is 0 Å². The summed E-state index contributed by atoms with van der Waals surface area (Å²) in [5.74, 6) is -0.307. The van der Waals surface area contributed by atoms with E-state index in [1.54, 1.807) is 12.1 Å². The SMILES string of the molecule is CN(C)C1(CNc2ccc(C(N)=S)cc2F)CCC1. The summed E-state index contributed by atoms with van der Waals surface area (Å²) in [6, 6.07) is 4.83. The first kappa shape index (κ1) is 14.2. The monoisotopic (exact) mass is 281 g/mol. The standard InChI is InChI=1S/C14H20FN3S/c1-18(2)14(6-3-7-14)9-17-12-5-4-10(13(16)19)8-11(12)15/h4-5,8,17H,3,6-7,9H2,1-2H3,(H2,16,19). The van der Waals surface area contributed by atoms with E-state index in [1.165, 1.54) is 12.5 Å². The first-order valence-corrected chi connectivity index (χ1v) is 6.86. The van der Waals surface area contributed by atoms with Crippen molar-refractivity contribution in [3.63, 3.8) is 0 Å². The van der Waals surface area contributed by atoms with Gasteiger partial charge in [-0.3, -0.25) is 0 Å². The van der Waals surface area contributed by atoms with Crippen molar-refractivity contribution in [2.75, 3.05) is 26.0 Å². The predicted molar refractivity (Wildman–Crippen MR) is 81.0 cm³/mol. The van der Waals surface area contributed by atoms with E-state index in [-0.39, 0.29) is 16.3 Å². The Hall–Kier alpha value is -1.20. The van der Waals surface area contributed by atoms with E-state index in [2.05, 4.69) is 24.3 Å². The Kier molecular flexibility index (Phi) is 4.06. The predicted octanol–water partition coefficient (Wildman–Crippen LogP) is 2.36. The third kappa shape index (κ3) is 2.87.